The summed E-state index contributed by atoms with van der Waals surface area (Å²) >= 11 is 0. The average molecular weight is 282 g/mol. The van der Waals surface area contributed by atoms with Crippen LogP contribution in [0.1, 0.15) is 12.5 Å². The van der Waals surface area contributed by atoms with Crippen molar-refractivity contribution in [2.24, 2.45) is 11.8 Å². The molecule has 0 saturated carbocycles. The summed E-state index contributed by atoms with van der Waals surface area (Å²) in [5.41, 5.74) is 1.18. The summed E-state index contributed by atoms with van der Waals surface area (Å²) in [4.78, 5) is 14.3. The van der Waals surface area contributed by atoms with Crippen LogP contribution < -0.4 is 5.32 Å². The number of rotatable bonds is 4. The highest BCUT2D eigenvalue weighted by molar-refractivity contribution is 5.83. The number of nitrogens with one attached hydrogen (secondary N) is 1. The number of amides is 1. The molecule has 1 unspecified atom stereocenters. The lowest BCUT2D eigenvalue weighted by atomic mass is 9.88. The molecular formula is C18H22N2O. The SMILES string of the molecule is CC(C(=O)N(C)Cc1ccc2ccccc2c1)C1CNC1. The van der Waals surface area contributed by atoms with E-state index in [1.807, 2.05) is 31.0 Å². The van der Waals surface area contributed by atoms with Crippen LogP contribution in [0.15, 0.2) is 42.5 Å². The minimum Gasteiger partial charge on any atom is -0.341 e. The zero-order valence-electron chi connectivity index (χ0n) is 12.7. The van der Waals surface area contributed by atoms with Crippen molar-refractivity contribution in [3.8, 4) is 0 Å². The van der Waals surface area contributed by atoms with Gasteiger partial charge in [-0.25, -0.2) is 0 Å². The standard InChI is InChI=1S/C18H22N2O/c1-13(17-10-19-11-17)18(21)20(2)12-14-7-8-15-5-3-4-6-16(15)9-14/h3-9,13,17,19H,10-12H2,1-2H3. The van der Waals surface area contributed by atoms with Crippen molar-refractivity contribution >= 4 is 16.7 Å². The molecule has 1 N–H and O–H groups in total. The van der Waals surface area contributed by atoms with E-state index >= 15 is 0 Å². The van der Waals surface area contributed by atoms with Crippen LogP contribution >= 0.6 is 0 Å². The molecule has 0 spiro atoms. The molecule has 1 aliphatic rings. The fraction of sp³-hybridized carbons (Fsp3) is 0.389. The second-order valence-electron chi connectivity index (χ2n) is 6.08. The Balaban J connectivity index is 1.70. The lowest BCUT2D eigenvalue weighted by Gasteiger charge is -2.34. The Morgan fingerprint density at radius 3 is 2.62 bits per heavy atom. The molecule has 0 bridgehead atoms. The smallest absolute Gasteiger partial charge is 0.225 e. The second kappa shape index (κ2) is 5.86. The summed E-state index contributed by atoms with van der Waals surface area (Å²) in [6.45, 7) is 4.66. The third kappa shape index (κ3) is 2.93. The highest BCUT2D eigenvalue weighted by Crippen LogP contribution is 2.20. The van der Waals surface area contributed by atoms with Gasteiger partial charge in [-0.2, -0.15) is 0 Å². The van der Waals surface area contributed by atoms with E-state index in [0.717, 1.165) is 13.1 Å². The molecule has 1 fully saturated rings. The van der Waals surface area contributed by atoms with Crippen LogP contribution in [-0.4, -0.2) is 30.9 Å². The van der Waals surface area contributed by atoms with E-state index in [9.17, 15) is 4.79 Å². The fourth-order valence-electron chi connectivity index (χ4n) is 2.90. The number of nitrogens with zero attached hydrogens (tertiary/aromatic N) is 1. The molecule has 1 heterocycles. The number of fused-ring (bicyclic) bond motifs is 1. The Bertz CT molecular complexity index is 648. The molecule has 1 aliphatic heterocycles. The highest BCUT2D eigenvalue weighted by Gasteiger charge is 2.30. The van der Waals surface area contributed by atoms with Gasteiger partial charge in [0.05, 0.1) is 0 Å². The number of hydrogen-bond donors (Lipinski definition) is 1. The molecule has 1 atom stereocenters. The van der Waals surface area contributed by atoms with Crippen molar-refractivity contribution < 1.29 is 4.79 Å². The van der Waals surface area contributed by atoms with Crippen LogP contribution in [0.4, 0.5) is 0 Å². The first-order valence-corrected chi connectivity index (χ1v) is 7.58. The van der Waals surface area contributed by atoms with Crippen LogP contribution in [0.2, 0.25) is 0 Å². The maximum Gasteiger partial charge on any atom is 0.225 e. The van der Waals surface area contributed by atoms with Crippen molar-refractivity contribution in [3.05, 3.63) is 48.0 Å². The van der Waals surface area contributed by atoms with Gasteiger partial charge >= 0.3 is 0 Å². The molecule has 0 aliphatic carbocycles. The van der Waals surface area contributed by atoms with Crippen LogP contribution in [0.3, 0.4) is 0 Å². The summed E-state index contributed by atoms with van der Waals surface area (Å²) in [6, 6.07) is 14.7. The van der Waals surface area contributed by atoms with Gasteiger partial charge in [0.15, 0.2) is 0 Å². The van der Waals surface area contributed by atoms with E-state index in [-0.39, 0.29) is 11.8 Å². The molecule has 1 amide bonds. The summed E-state index contributed by atoms with van der Waals surface area (Å²) in [5, 5.41) is 5.70. The van der Waals surface area contributed by atoms with Crippen LogP contribution in [0.25, 0.3) is 10.8 Å². The van der Waals surface area contributed by atoms with Crippen LogP contribution in [0, 0.1) is 11.8 Å². The summed E-state index contributed by atoms with van der Waals surface area (Å²) < 4.78 is 0. The topological polar surface area (TPSA) is 32.3 Å². The number of carbonyl (C=O) groups excluding carboxylic acids is 1. The number of carbonyl (C=O) groups is 1. The van der Waals surface area contributed by atoms with Crippen molar-refractivity contribution in [3.63, 3.8) is 0 Å². The largest absolute Gasteiger partial charge is 0.341 e. The van der Waals surface area contributed by atoms with Gasteiger partial charge in [-0.15, -0.1) is 0 Å². The zero-order chi connectivity index (χ0) is 14.8. The molecule has 110 valence electrons. The predicted octanol–water partition coefficient (Wildman–Crippen LogP) is 2.65. The van der Waals surface area contributed by atoms with Gasteiger partial charge in [-0.3, -0.25) is 4.79 Å². The molecule has 0 radical (unpaired) electrons. The monoisotopic (exact) mass is 282 g/mol. The van der Waals surface area contributed by atoms with Crippen LogP contribution in [-0.2, 0) is 11.3 Å². The lowest BCUT2D eigenvalue weighted by molar-refractivity contribution is -0.136. The Morgan fingerprint density at radius 2 is 1.95 bits per heavy atom. The number of hydrogen-bond acceptors (Lipinski definition) is 2. The fourth-order valence-corrected chi connectivity index (χ4v) is 2.90. The van der Waals surface area contributed by atoms with Crippen molar-refractivity contribution in [2.45, 2.75) is 13.5 Å². The minimum atomic E-state index is 0.108. The maximum atomic E-state index is 12.4. The zero-order valence-corrected chi connectivity index (χ0v) is 12.7. The van der Waals surface area contributed by atoms with E-state index in [4.69, 9.17) is 0 Å². The molecule has 21 heavy (non-hydrogen) atoms. The molecule has 2 aromatic carbocycles. The van der Waals surface area contributed by atoms with Crippen molar-refractivity contribution in [1.29, 1.82) is 0 Å². The Labute approximate surface area is 125 Å². The molecule has 2 aromatic rings. The van der Waals surface area contributed by atoms with Gasteiger partial charge in [-0.05, 0) is 41.4 Å². The predicted molar refractivity (Wildman–Crippen MR) is 85.9 cm³/mol. The molecule has 0 aromatic heterocycles. The van der Waals surface area contributed by atoms with Crippen LogP contribution in [0.5, 0.6) is 0 Å². The molecule has 3 nitrogen and oxygen atoms in total. The molecule has 3 heteroatoms. The third-order valence-corrected chi connectivity index (χ3v) is 4.52. The summed E-state index contributed by atoms with van der Waals surface area (Å²) in [6.07, 6.45) is 0. The van der Waals surface area contributed by atoms with Gasteiger partial charge in [0.25, 0.3) is 0 Å². The van der Waals surface area contributed by atoms with Crippen molar-refractivity contribution in [2.75, 3.05) is 20.1 Å². The first kappa shape index (κ1) is 14.1. The first-order chi connectivity index (χ1) is 10.1. The Morgan fingerprint density at radius 1 is 1.24 bits per heavy atom. The summed E-state index contributed by atoms with van der Waals surface area (Å²) in [5.74, 6) is 0.850. The van der Waals surface area contributed by atoms with E-state index in [1.54, 1.807) is 0 Å². The molecular weight excluding hydrogens is 260 g/mol. The van der Waals surface area contributed by atoms with Crippen molar-refractivity contribution in [1.82, 2.24) is 10.2 Å². The molecule has 3 rings (SSSR count). The van der Waals surface area contributed by atoms with Gasteiger partial charge < -0.3 is 10.2 Å². The summed E-state index contributed by atoms with van der Waals surface area (Å²) in [7, 11) is 1.90. The number of benzene rings is 2. The van der Waals surface area contributed by atoms with Gasteiger partial charge in [-0.1, -0.05) is 43.3 Å². The quantitative estimate of drug-likeness (QED) is 0.935. The Hall–Kier alpha value is -1.87. The maximum absolute atomic E-state index is 12.4. The third-order valence-electron chi connectivity index (χ3n) is 4.52. The van der Waals surface area contributed by atoms with E-state index in [0.29, 0.717) is 12.5 Å². The lowest BCUT2D eigenvalue weighted by Crippen LogP contribution is -2.49. The van der Waals surface area contributed by atoms with E-state index in [1.165, 1.54) is 16.3 Å². The second-order valence-corrected chi connectivity index (χ2v) is 6.08. The van der Waals surface area contributed by atoms with Gasteiger partial charge in [0, 0.05) is 19.5 Å². The van der Waals surface area contributed by atoms with E-state index in [2.05, 4.69) is 35.6 Å². The first-order valence-electron chi connectivity index (χ1n) is 7.58. The van der Waals surface area contributed by atoms with Gasteiger partial charge in [0.1, 0.15) is 0 Å². The normalized spacial score (nSPS) is 16.5. The van der Waals surface area contributed by atoms with Gasteiger partial charge in [0.2, 0.25) is 5.91 Å². The van der Waals surface area contributed by atoms with E-state index < -0.39 is 0 Å². The highest BCUT2D eigenvalue weighted by atomic mass is 16.2. The minimum absolute atomic E-state index is 0.108. The molecule has 1 saturated heterocycles. The Kier molecular flexibility index (Phi) is 3.93. The average Bonchev–Trinajstić information content (AvgIpc) is 2.44.